The maximum Gasteiger partial charge on any atom is 0.293 e. The van der Waals surface area contributed by atoms with Crippen LogP contribution in [0, 0.1) is 13.8 Å². The number of nitrogens with zero attached hydrogens (tertiary/aromatic N) is 1. The van der Waals surface area contributed by atoms with Gasteiger partial charge in [-0.15, -0.1) is 0 Å². The Morgan fingerprint density at radius 3 is 2.29 bits per heavy atom. The fraction of sp³-hybridized carbons (Fsp3) is 0.267. The molecule has 4 rings (SSSR count). The summed E-state index contributed by atoms with van der Waals surface area (Å²) in [6.45, 7) is 7.48. The second kappa shape index (κ2) is 13.1. The van der Waals surface area contributed by atoms with E-state index in [2.05, 4.69) is 0 Å². The number of rotatable bonds is 12. The molecule has 38 heavy (non-hydrogen) atoms. The summed E-state index contributed by atoms with van der Waals surface area (Å²) in [5.74, 6) is 2.30. The number of hydrogen-bond donors (Lipinski definition) is 0. The van der Waals surface area contributed by atoms with Crippen LogP contribution in [0.3, 0.4) is 0 Å². The average molecular weight is 534 g/mol. The second-order valence-electron chi connectivity index (χ2n) is 8.65. The lowest BCUT2D eigenvalue weighted by atomic mass is 10.2. The topological polar surface area (TPSA) is 74.3 Å². The van der Waals surface area contributed by atoms with Gasteiger partial charge in [0, 0.05) is 0 Å². The molecule has 0 bridgehead atoms. The van der Waals surface area contributed by atoms with Gasteiger partial charge in [0.05, 0.1) is 18.1 Å². The van der Waals surface area contributed by atoms with Crippen LogP contribution < -0.4 is 18.9 Å². The molecule has 0 saturated carbocycles. The minimum Gasteiger partial charge on any atom is -0.492 e. The molecule has 2 amide bonds. The van der Waals surface area contributed by atoms with Crippen LogP contribution >= 0.6 is 11.8 Å². The third-order valence-electron chi connectivity index (χ3n) is 5.64. The molecule has 0 aliphatic carbocycles. The van der Waals surface area contributed by atoms with Crippen LogP contribution in [0.15, 0.2) is 71.6 Å². The van der Waals surface area contributed by atoms with Crippen LogP contribution in [-0.2, 0) is 4.79 Å². The van der Waals surface area contributed by atoms with E-state index in [1.54, 1.807) is 18.2 Å². The van der Waals surface area contributed by atoms with Crippen molar-refractivity contribution < 1.29 is 28.5 Å². The van der Waals surface area contributed by atoms with Crippen molar-refractivity contribution in [2.45, 2.75) is 20.8 Å². The van der Waals surface area contributed by atoms with Crippen LogP contribution in [0.5, 0.6) is 23.0 Å². The fourth-order valence-electron chi connectivity index (χ4n) is 3.75. The van der Waals surface area contributed by atoms with E-state index in [0.29, 0.717) is 42.0 Å². The molecule has 8 heteroatoms. The van der Waals surface area contributed by atoms with Gasteiger partial charge in [-0.25, -0.2) is 0 Å². The highest BCUT2D eigenvalue weighted by Gasteiger charge is 2.34. The highest BCUT2D eigenvalue weighted by molar-refractivity contribution is 8.18. The summed E-state index contributed by atoms with van der Waals surface area (Å²) in [6.07, 6.45) is 1.69. The lowest BCUT2D eigenvalue weighted by Crippen LogP contribution is -2.32. The van der Waals surface area contributed by atoms with Gasteiger partial charge in [0.2, 0.25) is 0 Å². The molecule has 0 unspecified atom stereocenters. The standard InChI is InChI=1S/C30H31NO6S/c1-4-34-27-19-23(10-13-26(27)37-17-16-36-24-11-8-21(2)9-12-24)20-28-29(32)31(30(33)38-28)14-15-35-25-7-5-6-22(3)18-25/h5-13,18-20H,4,14-17H2,1-3H3/b28-20-. The Bertz CT molecular complexity index is 1300. The van der Waals surface area contributed by atoms with Crippen molar-refractivity contribution in [3.63, 3.8) is 0 Å². The molecule has 3 aromatic rings. The van der Waals surface area contributed by atoms with Crippen molar-refractivity contribution in [1.82, 2.24) is 4.90 Å². The summed E-state index contributed by atoms with van der Waals surface area (Å²) in [5, 5.41) is -0.312. The van der Waals surface area contributed by atoms with Gasteiger partial charge in [0.15, 0.2) is 11.5 Å². The Balaban J connectivity index is 1.34. The zero-order chi connectivity index (χ0) is 26.9. The Morgan fingerprint density at radius 2 is 1.53 bits per heavy atom. The van der Waals surface area contributed by atoms with Gasteiger partial charge >= 0.3 is 0 Å². The van der Waals surface area contributed by atoms with Gasteiger partial charge in [-0.2, -0.15) is 0 Å². The number of hydrogen-bond acceptors (Lipinski definition) is 7. The third-order valence-corrected chi connectivity index (χ3v) is 6.55. The van der Waals surface area contributed by atoms with Crippen LogP contribution in [0.4, 0.5) is 4.79 Å². The first-order chi connectivity index (χ1) is 18.4. The van der Waals surface area contributed by atoms with Crippen LogP contribution in [0.25, 0.3) is 6.08 Å². The molecular weight excluding hydrogens is 502 g/mol. The van der Waals surface area contributed by atoms with Crippen LogP contribution in [-0.4, -0.2) is 49.0 Å². The summed E-state index contributed by atoms with van der Waals surface area (Å²) in [6, 6.07) is 20.9. The van der Waals surface area contributed by atoms with Gasteiger partial charge in [-0.3, -0.25) is 14.5 Å². The smallest absolute Gasteiger partial charge is 0.293 e. The molecule has 3 aromatic carbocycles. The van der Waals surface area contributed by atoms with Crippen molar-refractivity contribution >= 4 is 29.0 Å². The zero-order valence-electron chi connectivity index (χ0n) is 21.8. The molecular formula is C30H31NO6S. The van der Waals surface area contributed by atoms with Crippen molar-refractivity contribution in [2.24, 2.45) is 0 Å². The monoisotopic (exact) mass is 533 g/mol. The van der Waals surface area contributed by atoms with Gasteiger partial charge in [0.1, 0.15) is 31.3 Å². The highest BCUT2D eigenvalue weighted by Crippen LogP contribution is 2.34. The number of imide groups is 1. The van der Waals surface area contributed by atoms with E-state index in [1.807, 2.05) is 75.4 Å². The Labute approximate surface area is 227 Å². The summed E-state index contributed by atoms with van der Waals surface area (Å²) in [5.41, 5.74) is 2.99. The summed E-state index contributed by atoms with van der Waals surface area (Å²) in [7, 11) is 0. The number of carbonyl (C=O) groups excluding carboxylic acids is 2. The van der Waals surface area contributed by atoms with Gasteiger partial charge in [0.25, 0.3) is 11.1 Å². The minimum atomic E-state index is -0.334. The molecule has 7 nitrogen and oxygen atoms in total. The Morgan fingerprint density at radius 1 is 0.763 bits per heavy atom. The molecule has 1 aliphatic heterocycles. The first-order valence-corrected chi connectivity index (χ1v) is 13.3. The largest absolute Gasteiger partial charge is 0.492 e. The number of benzene rings is 3. The van der Waals surface area contributed by atoms with E-state index in [4.69, 9.17) is 18.9 Å². The fourth-order valence-corrected chi connectivity index (χ4v) is 4.62. The first kappa shape index (κ1) is 27.1. The molecule has 0 spiro atoms. The van der Waals surface area contributed by atoms with E-state index in [-0.39, 0.29) is 24.3 Å². The molecule has 0 N–H and O–H groups in total. The van der Waals surface area contributed by atoms with Crippen LogP contribution in [0.2, 0.25) is 0 Å². The Kier molecular flexibility index (Phi) is 9.32. The number of aryl methyl sites for hydroxylation is 2. The summed E-state index contributed by atoms with van der Waals surface area (Å²) < 4.78 is 23.1. The van der Waals surface area contributed by atoms with Crippen molar-refractivity contribution in [3.8, 4) is 23.0 Å². The quantitative estimate of drug-likeness (QED) is 0.200. The maximum absolute atomic E-state index is 12.9. The van der Waals surface area contributed by atoms with E-state index in [9.17, 15) is 9.59 Å². The molecule has 0 radical (unpaired) electrons. The van der Waals surface area contributed by atoms with Crippen molar-refractivity contribution in [2.75, 3.05) is 33.0 Å². The summed E-state index contributed by atoms with van der Waals surface area (Å²) >= 11 is 0.919. The predicted molar refractivity (Wildman–Crippen MR) is 149 cm³/mol. The number of thioether (sulfide) groups is 1. The first-order valence-electron chi connectivity index (χ1n) is 12.5. The lowest BCUT2D eigenvalue weighted by Gasteiger charge is -2.14. The van der Waals surface area contributed by atoms with E-state index in [1.165, 1.54) is 10.5 Å². The molecule has 1 aliphatic rings. The number of carbonyl (C=O) groups is 2. The molecule has 0 atom stereocenters. The van der Waals surface area contributed by atoms with Gasteiger partial charge in [-0.05, 0) is 86.1 Å². The number of amides is 2. The van der Waals surface area contributed by atoms with Gasteiger partial charge < -0.3 is 18.9 Å². The molecule has 198 valence electrons. The normalized spacial score (nSPS) is 14.2. The van der Waals surface area contributed by atoms with Gasteiger partial charge in [-0.1, -0.05) is 35.9 Å². The predicted octanol–water partition coefficient (Wildman–Crippen LogP) is 6.28. The van der Waals surface area contributed by atoms with Crippen LogP contribution in [0.1, 0.15) is 23.6 Å². The molecule has 1 fully saturated rings. The lowest BCUT2D eigenvalue weighted by molar-refractivity contribution is -0.123. The van der Waals surface area contributed by atoms with E-state index >= 15 is 0 Å². The van der Waals surface area contributed by atoms with Crippen molar-refractivity contribution in [3.05, 3.63) is 88.3 Å². The Hall–Kier alpha value is -3.91. The third kappa shape index (κ3) is 7.32. The average Bonchev–Trinajstić information content (AvgIpc) is 3.16. The van der Waals surface area contributed by atoms with E-state index in [0.717, 1.165) is 28.6 Å². The SMILES string of the molecule is CCOc1cc(/C=C2\SC(=O)N(CCOc3cccc(C)c3)C2=O)ccc1OCCOc1ccc(C)cc1. The molecule has 1 saturated heterocycles. The maximum atomic E-state index is 12.9. The molecule has 0 aromatic heterocycles. The van der Waals surface area contributed by atoms with Crippen molar-refractivity contribution in [1.29, 1.82) is 0 Å². The zero-order valence-corrected chi connectivity index (χ0v) is 22.6. The van der Waals surface area contributed by atoms with E-state index < -0.39 is 0 Å². The minimum absolute atomic E-state index is 0.178. The highest BCUT2D eigenvalue weighted by atomic mass is 32.2. The number of ether oxygens (including phenoxy) is 4. The second-order valence-corrected chi connectivity index (χ2v) is 9.64. The summed E-state index contributed by atoms with van der Waals surface area (Å²) in [4.78, 5) is 26.9. The molecule has 1 heterocycles.